The van der Waals surface area contributed by atoms with Crippen molar-refractivity contribution in [2.24, 2.45) is 0 Å². The molecule has 0 bridgehead atoms. The van der Waals surface area contributed by atoms with Gasteiger partial charge in [-0.25, -0.2) is 4.79 Å². The topological polar surface area (TPSA) is 64.1 Å². The summed E-state index contributed by atoms with van der Waals surface area (Å²) >= 11 is 0. The van der Waals surface area contributed by atoms with E-state index in [4.69, 9.17) is 0 Å². The Morgan fingerprint density at radius 2 is 1.71 bits per heavy atom. The van der Waals surface area contributed by atoms with E-state index in [2.05, 4.69) is 0 Å². The molecule has 0 aliphatic carbocycles. The molecule has 21 heavy (non-hydrogen) atoms. The average Bonchev–Trinajstić information content (AvgIpc) is 2.53. The molecule has 6 nitrogen and oxygen atoms in total. The van der Waals surface area contributed by atoms with Crippen molar-refractivity contribution in [2.45, 2.75) is 6.92 Å². The number of carbonyl (C=O) groups excluding carboxylic acids is 2. The van der Waals surface area contributed by atoms with Crippen LogP contribution in [0.4, 0.5) is 4.79 Å². The molecular weight excluding hydrogens is 270 g/mol. The number of urea groups is 1. The largest absolute Gasteiger partial charge is 0.507 e. The Labute approximate surface area is 124 Å². The minimum atomic E-state index is -0.191. The zero-order valence-electron chi connectivity index (χ0n) is 12.5. The molecule has 1 aromatic carbocycles. The maximum absolute atomic E-state index is 12.3. The highest BCUT2D eigenvalue weighted by Crippen LogP contribution is 2.18. The maximum Gasteiger partial charge on any atom is 0.319 e. The van der Waals surface area contributed by atoms with Crippen LogP contribution in [0.5, 0.6) is 5.75 Å². The molecule has 2 rings (SSSR count). The molecule has 6 heteroatoms. The SMILES string of the molecule is CCN(C)C(=O)N1CCN(C(=O)c2ccccc2O)CC1. The van der Waals surface area contributed by atoms with Gasteiger partial charge in [0.15, 0.2) is 0 Å². The first-order chi connectivity index (χ1) is 10.0. The van der Waals surface area contributed by atoms with E-state index in [1.165, 1.54) is 6.07 Å². The third kappa shape index (κ3) is 3.26. The highest BCUT2D eigenvalue weighted by atomic mass is 16.3. The molecule has 1 N–H and O–H groups in total. The van der Waals surface area contributed by atoms with Gasteiger partial charge in [0.05, 0.1) is 5.56 Å². The maximum atomic E-state index is 12.3. The highest BCUT2D eigenvalue weighted by molar-refractivity contribution is 5.96. The molecule has 1 aliphatic heterocycles. The van der Waals surface area contributed by atoms with Crippen molar-refractivity contribution in [1.82, 2.24) is 14.7 Å². The number of phenols is 1. The van der Waals surface area contributed by atoms with E-state index in [1.807, 2.05) is 6.92 Å². The van der Waals surface area contributed by atoms with Crippen LogP contribution in [0.2, 0.25) is 0 Å². The van der Waals surface area contributed by atoms with E-state index < -0.39 is 0 Å². The van der Waals surface area contributed by atoms with Crippen LogP contribution in [0.3, 0.4) is 0 Å². The van der Waals surface area contributed by atoms with Crippen LogP contribution in [0.25, 0.3) is 0 Å². The zero-order chi connectivity index (χ0) is 15.4. The van der Waals surface area contributed by atoms with Gasteiger partial charge in [0.25, 0.3) is 5.91 Å². The third-order valence-corrected chi connectivity index (χ3v) is 3.77. The number of carbonyl (C=O) groups is 2. The lowest BCUT2D eigenvalue weighted by molar-refractivity contribution is 0.0643. The fourth-order valence-corrected chi connectivity index (χ4v) is 2.30. The standard InChI is InChI=1S/C15H21N3O3/c1-3-16(2)15(21)18-10-8-17(9-11-18)14(20)12-6-4-5-7-13(12)19/h4-7,19H,3,8-11H2,1-2H3. The molecule has 114 valence electrons. The molecule has 0 spiro atoms. The van der Waals surface area contributed by atoms with Crippen LogP contribution in [0.1, 0.15) is 17.3 Å². The molecule has 0 aromatic heterocycles. The molecule has 0 radical (unpaired) electrons. The number of aromatic hydroxyl groups is 1. The number of piperazine rings is 1. The minimum Gasteiger partial charge on any atom is -0.507 e. The summed E-state index contributed by atoms with van der Waals surface area (Å²) in [7, 11) is 1.77. The summed E-state index contributed by atoms with van der Waals surface area (Å²) in [6.45, 7) is 4.59. The van der Waals surface area contributed by atoms with Gasteiger partial charge in [-0.05, 0) is 19.1 Å². The predicted octanol–water partition coefficient (Wildman–Crippen LogP) is 1.22. The van der Waals surface area contributed by atoms with Crippen molar-refractivity contribution in [3.8, 4) is 5.75 Å². The molecular formula is C15H21N3O3. The first kappa shape index (κ1) is 15.2. The summed E-state index contributed by atoms with van der Waals surface area (Å²) < 4.78 is 0. The summed E-state index contributed by atoms with van der Waals surface area (Å²) in [4.78, 5) is 29.5. The van der Waals surface area contributed by atoms with Crippen molar-refractivity contribution in [3.63, 3.8) is 0 Å². The third-order valence-electron chi connectivity index (χ3n) is 3.77. The van der Waals surface area contributed by atoms with Crippen molar-refractivity contribution in [3.05, 3.63) is 29.8 Å². The lowest BCUT2D eigenvalue weighted by atomic mass is 10.1. The van der Waals surface area contributed by atoms with Crippen molar-refractivity contribution < 1.29 is 14.7 Å². The molecule has 1 saturated heterocycles. The number of rotatable bonds is 2. The van der Waals surface area contributed by atoms with E-state index >= 15 is 0 Å². The first-order valence-electron chi connectivity index (χ1n) is 7.12. The number of amides is 3. The molecule has 3 amide bonds. The van der Waals surface area contributed by atoms with Gasteiger partial charge in [-0.2, -0.15) is 0 Å². The Bertz CT molecular complexity index is 525. The Hall–Kier alpha value is -2.24. The van der Waals surface area contributed by atoms with E-state index in [0.29, 0.717) is 38.3 Å². The summed E-state index contributed by atoms with van der Waals surface area (Å²) in [5.41, 5.74) is 0.308. The van der Waals surface area contributed by atoms with Gasteiger partial charge in [0.2, 0.25) is 0 Å². The summed E-state index contributed by atoms with van der Waals surface area (Å²) in [5.74, 6) is -0.198. The van der Waals surface area contributed by atoms with Crippen molar-refractivity contribution >= 4 is 11.9 Å². The van der Waals surface area contributed by atoms with Gasteiger partial charge in [-0.1, -0.05) is 12.1 Å². The summed E-state index contributed by atoms with van der Waals surface area (Å²) in [6.07, 6.45) is 0. The average molecular weight is 291 g/mol. The summed E-state index contributed by atoms with van der Waals surface area (Å²) in [5, 5.41) is 9.74. The van der Waals surface area contributed by atoms with E-state index in [-0.39, 0.29) is 17.7 Å². The van der Waals surface area contributed by atoms with Crippen LogP contribution in [-0.4, -0.2) is 71.5 Å². The van der Waals surface area contributed by atoms with Crippen molar-refractivity contribution in [2.75, 3.05) is 39.8 Å². The minimum absolute atomic E-state index is 0.00726. The number of phenolic OH excluding ortho intramolecular Hbond substituents is 1. The second kappa shape index (κ2) is 6.47. The van der Waals surface area contributed by atoms with Gasteiger partial charge >= 0.3 is 6.03 Å². The van der Waals surface area contributed by atoms with E-state index in [9.17, 15) is 14.7 Å². The van der Waals surface area contributed by atoms with Crippen molar-refractivity contribution in [1.29, 1.82) is 0 Å². The van der Waals surface area contributed by atoms with E-state index in [0.717, 1.165) is 0 Å². The van der Waals surface area contributed by atoms with E-state index in [1.54, 1.807) is 39.9 Å². The lowest BCUT2D eigenvalue weighted by Crippen LogP contribution is -2.53. The van der Waals surface area contributed by atoms with Gasteiger partial charge in [0.1, 0.15) is 5.75 Å². The number of benzene rings is 1. The number of nitrogens with zero attached hydrogens (tertiary/aromatic N) is 3. The van der Waals surface area contributed by atoms with Gasteiger partial charge in [-0.3, -0.25) is 4.79 Å². The van der Waals surface area contributed by atoms with Crippen LogP contribution < -0.4 is 0 Å². The quantitative estimate of drug-likeness (QED) is 0.891. The van der Waals surface area contributed by atoms with Crippen LogP contribution in [0.15, 0.2) is 24.3 Å². The number of para-hydroxylation sites is 1. The molecule has 0 unspecified atom stereocenters. The van der Waals surface area contributed by atoms with Crippen LogP contribution in [0, 0.1) is 0 Å². The fraction of sp³-hybridized carbons (Fsp3) is 0.467. The Morgan fingerprint density at radius 1 is 1.14 bits per heavy atom. The second-order valence-corrected chi connectivity index (χ2v) is 5.09. The molecule has 1 aromatic rings. The van der Waals surface area contributed by atoms with Gasteiger partial charge in [0, 0.05) is 39.8 Å². The van der Waals surface area contributed by atoms with Crippen LogP contribution >= 0.6 is 0 Å². The number of hydrogen-bond donors (Lipinski definition) is 1. The monoisotopic (exact) mass is 291 g/mol. The fourth-order valence-electron chi connectivity index (χ4n) is 2.30. The zero-order valence-corrected chi connectivity index (χ0v) is 12.5. The van der Waals surface area contributed by atoms with Crippen LogP contribution in [-0.2, 0) is 0 Å². The summed E-state index contributed by atoms with van der Waals surface area (Å²) in [6, 6.07) is 6.52. The molecule has 0 atom stereocenters. The Balaban J connectivity index is 1.97. The second-order valence-electron chi connectivity index (χ2n) is 5.09. The molecule has 1 fully saturated rings. The molecule has 0 saturated carbocycles. The molecule has 1 heterocycles. The van der Waals surface area contributed by atoms with Gasteiger partial charge < -0.3 is 19.8 Å². The highest BCUT2D eigenvalue weighted by Gasteiger charge is 2.26. The normalized spacial score (nSPS) is 15.0. The Morgan fingerprint density at radius 3 is 2.29 bits per heavy atom. The van der Waals surface area contributed by atoms with Gasteiger partial charge in [-0.15, -0.1) is 0 Å². The smallest absolute Gasteiger partial charge is 0.319 e. The first-order valence-corrected chi connectivity index (χ1v) is 7.12. The Kier molecular flexibility index (Phi) is 4.67. The molecule has 1 aliphatic rings. The number of hydrogen-bond acceptors (Lipinski definition) is 3. The predicted molar refractivity (Wildman–Crippen MR) is 79.3 cm³/mol. The lowest BCUT2D eigenvalue weighted by Gasteiger charge is -2.36.